The second-order valence-electron chi connectivity index (χ2n) is 12.1. The Morgan fingerprint density at radius 3 is 1.57 bits per heavy atom. The normalized spacial score (nSPS) is 14.4. The van der Waals surface area contributed by atoms with Crippen molar-refractivity contribution in [2.45, 2.75) is 154 Å². The summed E-state index contributed by atoms with van der Waals surface area (Å²) in [6, 6.07) is -1.12. The molecule has 1 amide bonds. The first-order valence-corrected chi connectivity index (χ1v) is 19.9. The van der Waals surface area contributed by atoms with E-state index in [0.29, 0.717) is 12.8 Å². The number of nitrogens with one attached hydrogen (secondary N) is 1. The van der Waals surface area contributed by atoms with Gasteiger partial charge in [0.25, 0.3) is 10.1 Å². The van der Waals surface area contributed by atoms with E-state index < -0.39 is 28.0 Å². The molecule has 0 aromatic heterocycles. The molecule has 0 aromatic carbocycles. The van der Waals surface area contributed by atoms with Gasteiger partial charge in [-0.15, -0.1) is 0 Å². The summed E-state index contributed by atoms with van der Waals surface area (Å²) in [5.74, 6) is -1.13. The van der Waals surface area contributed by atoms with Crippen molar-refractivity contribution < 1.29 is 22.9 Å². The molecule has 47 heavy (non-hydrogen) atoms. The molecular formula is C40H67NO5S. The van der Waals surface area contributed by atoms with E-state index in [2.05, 4.69) is 79.9 Å². The van der Waals surface area contributed by atoms with Crippen LogP contribution < -0.4 is 5.32 Å². The molecule has 3 N–H and O–H groups in total. The summed E-state index contributed by atoms with van der Waals surface area (Å²) in [7, 11) is -4.38. The topological polar surface area (TPSA) is 104 Å². The van der Waals surface area contributed by atoms with Gasteiger partial charge >= 0.3 is 0 Å². The van der Waals surface area contributed by atoms with Crippen molar-refractivity contribution in [2.24, 2.45) is 0 Å². The molecule has 6 nitrogen and oxygen atoms in total. The Bertz CT molecular complexity index is 1050. The summed E-state index contributed by atoms with van der Waals surface area (Å²) in [5.41, 5.74) is 0. The number of hydrogen-bond acceptors (Lipinski definition) is 4. The molecule has 0 radical (unpaired) electrons. The predicted octanol–water partition coefficient (Wildman–Crippen LogP) is 10.5. The molecule has 0 aliphatic heterocycles. The van der Waals surface area contributed by atoms with Crippen LogP contribution in [-0.4, -0.2) is 41.9 Å². The van der Waals surface area contributed by atoms with Gasteiger partial charge in [-0.2, -0.15) is 8.42 Å². The van der Waals surface area contributed by atoms with Crippen LogP contribution in [0.2, 0.25) is 0 Å². The van der Waals surface area contributed by atoms with Crippen LogP contribution >= 0.6 is 0 Å². The maximum atomic E-state index is 12.4. The number of carbonyl (C=O) groups excluding carboxylic acids is 1. The Balaban J connectivity index is 4.19. The van der Waals surface area contributed by atoms with Gasteiger partial charge < -0.3 is 10.4 Å². The average Bonchev–Trinajstić information content (AvgIpc) is 3.03. The lowest BCUT2D eigenvalue weighted by molar-refractivity contribution is -0.122. The van der Waals surface area contributed by atoms with Gasteiger partial charge in [-0.3, -0.25) is 9.35 Å². The number of allylic oxidation sites excluding steroid dienone is 13. The van der Waals surface area contributed by atoms with E-state index in [1.165, 1.54) is 63.9 Å². The minimum absolute atomic E-state index is 0.159. The Kier molecular flexibility index (Phi) is 31.7. The number of rotatable bonds is 31. The largest absolute Gasteiger partial charge is 0.387 e. The molecule has 0 fully saturated rings. The Morgan fingerprint density at radius 2 is 1.04 bits per heavy atom. The first-order chi connectivity index (χ1) is 22.8. The minimum Gasteiger partial charge on any atom is -0.387 e. The van der Waals surface area contributed by atoms with Crippen molar-refractivity contribution in [3.8, 4) is 0 Å². The third-order valence-electron chi connectivity index (χ3n) is 7.55. The summed E-state index contributed by atoms with van der Waals surface area (Å²) in [6.07, 6.45) is 48.7. The van der Waals surface area contributed by atoms with Crippen LogP contribution in [-0.2, 0) is 14.9 Å². The molecule has 0 aromatic rings. The van der Waals surface area contributed by atoms with Crippen molar-refractivity contribution in [3.63, 3.8) is 0 Å². The summed E-state index contributed by atoms with van der Waals surface area (Å²) < 4.78 is 32.3. The van der Waals surface area contributed by atoms with Gasteiger partial charge in [-0.05, 0) is 70.6 Å². The summed E-state index contributed by atoms with van der Waals surface area (Å²) in [6.45, 7) is 4.38. The highest BCUT2D eigenvalue weighted by atomic mass is 32.2. The second kappa shape index (κ2) is 33.4. The molecule has 0 aliphatic rings. The van der Waals surface area contributed by atoms with Gasteiger partial charge in [0.05, 0.1) is 17.9 Å². The van der Waals surface area contributed by atoms with Crippen LogP contribution in [0.4, 0.5) is 0 Å². The highest BCUT2D eigenvalue weighted by molar-refractivity contribution is 7.85. The number of aliphatic hydroxyl groups excluding tert-OH is 1. The fourth-order valence-electron chi connectivity index (χ4n) is 4.84. The molecule has 0 bridgehead atoms. The maximum Gasteiger partial charge on any atom is 0.267 e. The summed E-state index contributed by atoms with van der Waals surface area (Å²) in [4.78, 5) is 12.4. The van der Waals surface area contributed by atoms with Crippen molar-refractivity contribution >= 4 is 16.0 Å². The van der Waals surface area contributed by atoms with E-state index in [1.54, 1.807) is 6.08 Å². The monoisotopic (exact) mass is 673 g/mol. The van der Waals surface area contributed by atoms with Crippen molar-refractivity contribution in [3.05, 3.63) is 85.1 Å². The molecule has 7 heteroatoms. The van der Waals surface area contributed by atoms with E-state index in [9.17, 15) is 22.9 Å². The van der Waals surface area contributed by atoms with E-state index in [4.69, 9.17) is 0 Å². The quantitative estimate of drug-likeness (QED) is 0.0386. The third kappa shape index (κ3) is 34.7. The number of unbranched alkanes of at least 4 members (excludes halogenated alkanes) is 11. The molecule has 268 valence electrons. The summed E-state index contributed by atoms with van der Waals surface area (Å²) >= 11 is 0. The average molecular weight is 674 g/mol. The van der Waals surface area contributed by atoms with Crippen LogP contribution in [0.3, 0.4) is 0 Å². The highest BCUT2D eigenvalue weighted by Crippen LogP contribution is 2.11. The molecule has 2 unspecified atom stereocenters. The van der Waals surface area contributed by atoms with Crippen LogP contribution in [0, 0.1) is 0 Å². The lowest BCUT2D eigenvalue weighted by atomic mass is 10.1. The zero-order valence-electron chi connectivity index (χ0n) is 29.6. The van der Waals surface area contributed by atoms with Gasteiger partial charge in [-0.25, -0.2) is 0 Å². The highest BCUT2D eigenvalue weighted by Gasteiger charge is 2.24. The Labute approximate surface area is 288 Å². The number of amides is 1. The molecule has 0 heterocycles. The van der Waals surface area contributed by atoms with Crippen molar-refractivity contribution in [1.29, 1.82) is 0 Å². The van der Waals surface area contributed by atoms with Crippen LogP contribution in [0.5, 0.6) is 0 Å². The minimum atomic E-state index is -4.38. The van der Waals surface area contributed by atoms with E-state index in [1.807, 2.05) is 12.2 Å². The molecular weight excluding hydrogens is 607 g/mol. The van der Waals surface area contributed by atoms with Crippen molar-refractivity contribution in [2.75, 3.05) is 5.75 Å². The van der Waals surface area contributed by atoms with Crippen LogP contribution in [0.15, 0.2) is 85.1 Å². The van der Waals surface area contributed by atoms with Crippen LogP contribution in [0.25, 0.3) is 0 Å². The molecule has 0 saturated heterocycles. The van der Waals surface area contributed by atoms with E-state index >= 15 is 0 Å². The number of carbonyl (C=O) groups is 1. The van der Waals surface area contributed by atoms with Gasteiger partial charge in [0.2, 0.25) is 5.91 Å². The van der Waals surface area contributed by atoms with Crippen LogP contribution in [0.1, 0.15) is 142 Å². The smallest absolute Gasteiger partial charge is 0.267 e. The number of hydrogen-bond donors (Lipinski definition) is 3. The zero-order valence-corrected chi connectivity index (χ0v) is 30.4. The van der Waals surface area contributed by atoms with Gasteiger partial charge in [0.1, 0.15) is 0 Å². The molecule has 2 atom stereocenters. The molecule has 0 rings (SSSR count). The van der Waals surface area contributed by atoms with Crippen molar-refractivity contribution in [1.82, 2.24) is 5.32 Å². The Hall–Kier alpha value is -2.48. The zero-order chi connectivity index (χ0) is 34.7. The second-order valence-corrected chi connectivity index (χ2v) is 13.6. The molecule has 0 spiro atoms. The lowest BCUT2D eigenvalue weighted by Gasteiger charge is -2.20. The van der Waals surface area contributed by atoms with Gasteiger partial charge in [-0.1, -0.05) is 150 Å². The molecule has 0 saturated carbocycles. The first kappa shape index (κ1) is 44.5. The fraction of sp³-hybridized carbons (Fsp3) is 0.625. The fourth-order valence-corrected chi connectivity index (χ4v) is 5.58. The maximum absolute atomic E-state index is 12.4. The molecule has 0 aliphatic carbocycles. The SMILES string of the molecule is CC/C=C\C/C=C\C/C=C\C/C=C\CCC(=O)NC(CS(=O)(=O)O)C(O)/C=C/CC/C=C/CC/C=C/CCCCCCCCCCC. The lowest BCUT2D eigenvalue weighted by Crippen LogP contribution is -2.46. The summed E-state index contributed by atoms with van der Waals surface area (Å²) in [5, 5.41) is 13.1. The third-order valence-corrected chi connectivity index (χ3v) is 8.33. The Morgan fingerprint density at radius 1 is 0.596 bits per heavy atom. The standard InChI is InChI=1S/C40H67NO5S/c1-3-5-7-9-11-13-15-17-18-19-20-21-22-24-25-27-29-31-33-35-39(42)38(37-47(44,45)46)41-40(43)36-34-32-30-28-26-23-16-14-12-10-8-6-4-2/h6,8,12,14,20-21,23,25-27,30,32-33,35,38-39,42H,3-5,7,9-11,13,15-19,22,24,28-29,31,34,36-37H2,1-2H3,(H,41,43)(H,44,45,46)/b8-6-,14-12-,21-20+,26-23-,27-25+,32-30-,35-33+. The van der Waals surface area contributed by atoms with Gasteiger partial charge in [0.15, 0.2) is 0 Å². The van der Waals surface area contributed by atoms with E-state index in [-0.39, 0.29) is 12.3 Å². The van der Waals surface area contributed by atoms with Gasteiger partial charge in [0, 0.05) is 6.42 Å². The number of aliphatic hydroxyl groups is 1. The van der Waals surface area contributed by atoms with E-state index in [0.717, 1.165) is 51.4 Å². The predicted molar refractivity (Wildman–Crippen MR) is 202 cm³/mol. The first-order valence-electron chi connectivity index (χ1n) is 18.3.